The summed E-state index contributed by atoms with van der Waals surface area (Å²) in [5.74, 6) is 0. The number of hydrogen-bond acceptors (Lipinski definition) is 4. The van der Waals surface area contributed by atoms with Gasteiger partial charge in [0.1, 0.15) is 11.3 Å². The van der Waals surface area contributed by atoms with Crippen molar-refractivity contribution in [2.24, 2.45) is 0 Å². The lowest BCUT2D eigenvalue weighted by atomic mass is 10.1. The van der Waals surface area contributed by atoms with Gasteiger partial charge in [0.15, 0.2) is 0 Å². The third-order valence-corrected chi connectivity index (χ3v) is 3.92. The van der Waals surface area contributed by atoms with E-state index >= 15 is 0 Å². The molecular formula is C17H24N2O2. The number of benzene rings is 1. The van der Waals surface area contributed by atoms with Gasteiger partial charge in [-0.15, -0.1) is 0 Å². The minimum Gasteiger partial charge on any atom is -0.421 e. The predicted molar refractivity (Wildman–Crippen MR) is 89.6 cm³/mol. The van der Waals surface area contributed by atoms with E-state index in [0.29, 0.717) is 11.3 Å². The zero-order valence-corrected chi connectivity index (χ0v) is 13.3. The molecule has 0 aliphatic carbocycles. The maximum absolute atomic E-state index is 12.5. The van der Waals surface area contributed by atoms with Crippen molar-refractivity contribution in [2.45, 2.75) is 27.7 Å². The van der Waals surface area contributed by atoms with Gasteiger partial charge in [-0.1, -0.05) is 12.1 Å². The smallest absolute Gasteiger partial charge is 0.362 e. The normalized spacial score (nSPS) is 10.9. The van der Waals surface area contributed by atoms with Gasteiger partial charge in [-0.25, -0.2) is 4.79 Å². The van der Waals surface area contributed by atoms with Gasteiger partial charge in [-0.3, -0.25) is 0 Å². The molecule has 114 valence electrons. The number of anilines is 2. The van der Waals surface area contributed by atoms with Gasteiger partial charge in [0, 0.05) is 31.6 Å². The lowest BCUT2D eigenvalue weighted by Gasteiger charge is -2.29. The highest BCUT2D eigenvalue weighted by Crippen LogP contribution is 2.34. The SMILES string of the molecule is CCN(CC)c1c(N(CC)CC)c2ccccc2oc1=O. The maximum atomic E-state index is 12.5. The summed E-state index contributed by atoms with van der Waals surface area (Å²) in [6, 6.07) is 7.77. The average molecular weight is 288 g/mol. The molecule has 1 aromatic heterocycles. The van der Waals surface area contributed by atoms with Crippen molar-refractivity contribution in [1.82, 2.24) is 0 Å². The molecule has 0 saturated carbocycles. The molecule has 0 fully saturated rings. The average Bonchev–Trinajstić information content (AvgIpc) is 2.51. The molecule has 4 heteroatoms. The summed E-state index contributed by atoms with van der Waals surface area (Å²) in [6.45, 7) is 11.6. The molecule has 21 heavy (non-hydrogen) atoms. The summed E-state index contributed by atoms with van der Waals surface area (Å²) >= 11 is 0. The highest BCUT2D eigenvalue weighted by molar-refractivity contribution is 5.97. The molecule has 0 bridgehead atoms. The van der Waals surface area contributed by atoms with Crippen LogP contribution in [0.3, 0.4) is 0 Å². The zero-order chi connectivity index (χ0) is 15.4. The Balaban J connectivity index is 2.84. The summed E-state index contributed by atoms with van der Waals surface area (Å²) in [5.41, 5.74) is 2.08. The zero-order valence-electron chi connectivity index (χ0n) is 13.3. The quantitative estimate of drug-likeness (QED) is 0.763. The topological polar surface area (TPSA) is 36.7 Å². The Hall–Kier alpha value is -1.97. The molecular weight excluding hydrogens is 264 g/mol. The first-order valence-electron chi connectivity index (χ1n) is 7.73. The Kier molecular flexibility index (Phi) is 4.89. The second-order valence-corrected chi connectivity index (χ2v) is 4.93. The van der Waals surface area contributed by atoms with Crippen LogP contribution in [0, 0.1) is 0 Å². The van der Waals surface area contributed by atoms with Crippen LogP contribution in [0.15, 0.2) is 33.5 Å². The molecule has 0 amide bonds. The van der Waals surface area contributed by atoms with Crippen LogP contribution >= 0.6 is 0 Å². The molecule has 1 heterocycles. The van der Waals surface area contributed by atoms with Gasteiger partial charge in [0.05, 0.1) is 5.69 Å². The monoisotopic (exact) mass is 288 g/mol. The number of nitrogens with zero attached hydrogens (tertiary/aromatic N) is 2. The molecule has 0 spiro atoms. The van der Waals surface area contributed by atoms with Crippen molar-refractivity contribution >= 4 is 22.3 Å². The van der Waals surface area contributed by atoms with Crippen LogP contribution in [0.2, 0.25) is 0 Å². The third kappa shape index (κ3) is 2.75. The summed E-state index contributed by atoms with van der Waals surface area (Å²) in [5, 5.41) is 1.00. The fourth-order valence-corrected chi connectivity index (χ4v) is 2.80. The Morgan fingerprint density at radius 3 is 1.95 bits per heavy atom. The molecule has 0 N–H and O–H groups in total. The number of hydrogen-bond donors (Lipinski definition) is 0. The van der Waals surface area contributed by atoms with E-state index in [1.807, 2.05) is 24.3 Å². The Morgan fingerprint density at radius 2 is 1.38 bits per heavy atom. The lowest BCUT2D eigenvalue weighted by Crippen LogP contribution is -2.32. The van der Waals surface area contributed by atoms with E-state index < -0.39 is 0 Å². The largest absolute Gasteiger partial charge is 0.421 e. The van der Waals surface area contributed by atoms with Gasteiger partial charge >= 0.3 is 5.63 Å². The van der Waals surface area contributed by atoms with E-state index in [9.17, 15) is 4.79 Å². The maximum Gasteiger partial charge on any atom is 0.362 e. The fourth-order valence-electron chi connectivity index (χ4n) is 2.80. The van der Waals surface area contributed by atoms with Crippen molar-refractivity contribution in [2.75, 3.05) is 36.0 Å². The summed E-state index contributed by atoms with van der Waals surface area (Å²) in [6.07, 6.45) is 0. The molecule has 4 nitrogen and oxygen atoms in total. The molecule has 0 atom stereocenters. The van der Waals surface area contributed by atoms with E-state index in [-0.39, 0.29) is 5.63 Å². The van der Waals surface area contributed by atoms with Gasteiger partial charge in [-0.05, 0) is 39.8 Å². The summed E-state index contributed by atoms with van der Waals surface area (Å²) < 4.78 is 5.53. The number of rotatable bonds is 6. The van der Waals surface area contributed by atoms with Crippen molar-refractivity contribution < 1.29 is 4.42 Å². The standard InChI is InChI=1S/C17H24N2O2/c1-5-18(6-2)15-13-11-9-10-12-14(13)21-17(20)16(15)19(7-3)8-4/h9-12H,5-8H2,1-4H3. The van der Waals surface area contributed by atoms with Gasteiger partial charge in [0.2, 0.25) is 0 Å². The Bertz CT molecular complexity index is 655. The highest BCUT2D eigenvalue weighted by Gasteiger charge is 2.21. The van der Waals surface area contributed by atoms with E-state index in [0.717, 1.165) is 37.3 Å². The highest BCUT2D eigenvalue weighted by atomic mass is 16.4. The Morgan fingerprint density at radius 1 is 0.857 bits per heavy atom. The molecule has 0 unspecified atom stereocenters. The summed E-state index contributed by atoms with van der Waals surface area (Å²) in [7, 11) is 0. The molecule has 0 saturated heterocycles. The first kappa shape index (κ1) is 15.4. The molecule has 2 rings (SSSR count). The van der Waals surface area contributed by atoms with Crippen molar-refractivity contribution in [1.29, 1.82) is 0 Å². The van der Waals surface area contributed by atoms with E-state index in [1.165, 1.54) is 0 Å². The van der Waals surface area contributed by atoms with Crippen LogP contribution in [0.25, 0.3) is 11.0 Å². The predicted octanol–water partition coefficient (Wildman–Crippen LogP) is 3.49. The molecule has 2 aromatic rings. The number of fused-ring (bicyclic) bond motifs is 1. The van der Waals surface area contributed by atoms with Crippen molar-refractivity contribution in [3.63, 3.8) is 0 Å². The fraction of sp³-hybridized carbons (Fsp3) is 0.471. The van der Waals surface area contributed by atoms with Crippen molar-refractivity contribution in [3.05, 3.63) is 34.7 Å². The van der Waals surface area contributed by atoms with Gasteiger partial charge in [0.25, 0.3) is 0 Å². The second kappa shape index (κ2) is 6.66. The van der Waals surface area contributed by atoms with Crippen molar-refractivity contribution in [3.8, 4) is 0 Å². The Labute approximate surface area is 126 Å². The van der Waals surface area contributed by atoms with Crippen LogP contribution in [-0.2, 0) is 0 Å². The molecule has 0 aliphatic rings. The number of para-hydroxylation sites is 1. The van der Waals surface area contributed by atoms with E-state index in [1.54, 1.807) is 0 Å². The van der Waals surface area contributed by atoms with Crippen LogP contribution in [0.5, 0.6) is 0 Å². The minimum atomic E-state index is -0.251. The van der Waals surface area contributed by atoms with Gasteiger partial charge in [-0.2, -0.15) is 0 Å². The second-order valence-electron chi connectivity index (χ2n) is 4.93. The first-order chi connectivity index (χ1) is 10.2. The molecule has 0 radical (unpaired) electrons. The van der Waals surface area contributed by atoms with Crippen LogP contribution in [-0.4, -0.2) is 26.2 Å². The van der Waals surface area contributed by atoms with Crippen LogP contribution < -0.4 is 15.4 Å². The third-order valence-electron chi connectivity index (χ3n) is 3.92. The first-order valence-corrected chi connectivity index (χ1v) is 7.73. The van der Waals surface area contributed by atoms with Crippen LogP contribution in [0.4, 0.5) is 11.4 Å². The van der Waals surface area contributed by atoms with Crippen LogP contribution in [0.1, 0.15) is 27.7 Å². The molecule has 0 aliphatic heterocycles. The molecule has 1 aromatic carbocycles. The minimum absolute atomic E-state index is 0.251. The van der Waals surface area contributed by atoms with E-state index in [2.05, 4.69) is 37.5 Å². The lowest BCUT2D eigenvalue weighted by molar-refractivity contribution is 0.557. The van der Waals surface area contributed by atoms with Gasteiger partial charge < -0.3 is 14.2 Å². The summed E-state index contributed by atoms with van der Waals surface area (Å²) in [4.78, 5) is 16.8. The van der Waals surface area contributed by atoms with E-state index in [4.69, 9.17) is 4.42 Å².